The highest BCUT2D eigenvalue weighted by molar-refractivity contribution is 5.98. The van der Waals surface area contributed by atoms with Gasteiger partial charge in [-0.15, -0.1) is 0 Å². The first kappa shape index (κ1) is 13.2. The summed E-state index contributed by atoms with van der Waals surface area (Å²) in [5, 5.41) is 1.11. The van der Waals surface area contributed by atoms with E-state index in [1.54, 1.807) is 0 Å². The second-order valence-electron chi connectivity index (χ2n) is 5.72. The predicted octanol–water partition coefficient (Wildman–Crippen LogP) is 3.96. The van der Waals surface area contributed by atoms with Crippen LogP contribution in [0, 0.1) is 0 Å². The minimum absolute atomic E-state index is 0.200. The topological polar surface area (TPSA) is 36.1 Å². The van der Waals surface area contributed by atoms with Gasteiger partial charge in [0.25, 0.3) is 5.91 Å². The predicted molar refractivity (Wildman–Crippen MR) is 81.9 cm³/mol. The molecule has 0 aliphatic carbocycles. The molecule has 1 aliphatic rings. The quantitative estimate of drug-likeness (QED) is 0.900. The van der Waals surface area contributed by atoms with E-state index >= 15 is 0 Å². The summed E-state index contributed by atoms with van der Waals surface area (Å²) >= 11 is 0. The molecule has 1 amide bonds. The van der Waals surface area contributed by atoms with Gasteiger partial charge >= 0.3 is 0 Å². The summed E-state index contributed by atoms with van der Waals surface area (Å²) in [4.78, 5) is 18.0. The molecule has 0 spiro atoms. The Balaban J connectivity index is 1.85. The molecule has 3 nitrogen and oxygen atoms in total. The number of piperidine rings is 1. The van der Waals surface area contributed by atoms with E-state index in [0.717, 1.165) is 48.7 Å². The van der Waals surface area contributed by atoms with Crippen LogP contribution in [0.25, 0.3) is 10.9 Å². The number of rotatable bonds is 3. The van der Waals surface area contributed by atoms with Crippen LogP contribution in [0.15, 0.2) is 30.5 Å². The molecule has 1 saturated heterocycles. The van der Waals surface area contributed by atoms with E-state index in [9.17, 15) is 4.79 Å². The number of nitrogens with one attached hydrogen (secondary N) is 1. The van der Waals surface area contributed by atoms with E-state index in [1.165, 1.54) is 6.42 Å². The molecule has 1 unspecified atom stereocenters. The number of hydrogen-bond donors (Lipinski definition) is 1. The highest BCUT2D eigenvalue weighted by Gasteiger charge is 2.26. The molecule has 3 rings (SSSR count). The van der Waals surface area contributed by atoms with Crippen molar-refractivity contribution >= 4 is 16.8 Å². The van der Waals surface area contributed by atoms with Gasteiger partial charge in [-0.2, -0.15) is 0 Å². The highest BCUT2D eigenvalue weighted by Crippen LogP contribution is 2.24. The molecule has 0 saturated carbocycles. The average molecular weight is 270 g/mol. The summed E-state index contributed by atoms with van der Waals surface area (Å²) in [5.41, 5.74) is 1.91. The molecule has 1 N–H and O–H groups in total. The Kier molecular flexibility index (Phi) is 3.77. The molecule has 20 heavy (non-hydrogen) atoms. The number of fused-ring (bicyclic) bond motifs is 1. The second kappa shape index (κ2) is 5.70. The van der Waals surface area contributed by atoms with Crippen molar-refractivity contribution < 1.29 is 4.79 Å². The van der Waals surface area contributed by atoms with Gasteiger partial charge in [0, 0.05) is 35.2 Å². The maximum atomic E-state index is 12.8. The van der Waals surface area contributed by atoms with Crippen LogP contribution in [0.5, 0.6) is 0 Å². The lowest BCUT2D eigenvalue weighted by Crippen LogP contribution is -2.43. The zero-order valence-corrected chi connectivity index (χ0v) is 12.1. The summed E-state index contributed by atoms with van der Waals surface area (Å²) in [7, 11) is 0. The standard InChI is InChI=1S/C17H22N2O/c1-2-5-15-6-3-4-11-19(15)17(20)14-7-8-16-13(12-14)9-10-18-16/h7-10,12,15,18H,2-6,11H2,1H3. The molecule has 1 aromatic heterocycles. The number of amides is 1. The number of benzene rings is 1. The summed E-state index contributed by atoms with van der Waals surface area (Å²) < 4.78 is 0. The van der Waals surface area contributed by atoms with Gasteiger partial charge in [-0.1, -0.05) is 13.3 Å². The summed E-state index contributed by atoms with van der Waals surface area (Å²) in [5.74, 6) is 0.200. The molecule has 0 radical (unpaired) electrons. The zero-order chi connectivity index (χ0) is 13.9. The SMILES string of the molecule is CCCC1CCCCN1C(=O)c1ccc2[nH]ccc2c1. The molecule has 1 fully saturated rings. The van der Waals surface area contributed by atoms with Gasteiger partial charge in [0.15, 0.2) is 0 Å². The third-order valence-electron chi connectivity index (χ3n) is 4.31. The molecule has 1 aliphatic heterocycles. The molecule has 3 heteroatoms. The summed E-state index contributed by atoms with van der Waals surface area (Å²) in [6.45, 7) is 3.11. The highest BCUT2D eigenvalue weighted by atomic mass is 16.2. The molecule has 106 valence electrons. The fraction of sp³-hybridized carbons (Fsp3) is 0.471. The van der Waals surface area contributed by atoms with Crippen molar-refractivity contribution in [2.24, 2.45) is 0 Å². The Morgan fingerprint density at radius 1 is 1.35 bits per heavy atom. The van der Waals surface area contributed by atoms with Crippen LogP contribution in [-0.4, -0.2) is 28.4 Å². The first-order chi connectivity index (χ1) is 9.79. The lowest BCUT2D eigenvalue weighted by atomic mass is 9.97. The lowest BCUT2D eigenvalue weighted by Gasteiger charge is -2.36. The Morgan fingerprint density at radius 3 is 3.10 bits per heavy atom. The van der Waals surface area contributed by atoms with Crippen molar-refractivity contribution in [3.8, 4) is 0 Å². The Hall–Kier alpha value is -1.77. The summed E-state index contributed by atoms with van der Waals surface area (Å²) in [6, 6.07) is 8.40. The van der Waals surface area contributed by atoms with E-state index in [1.807, 2.05) is 30.5 Å². The summed E-state index contributed by atoms with van der Waals surface area (Å²) in [6.07, 6.45) is 7.73. The first-order valence-electron chi connectivity index (χ1n) is 7.67. The number of likely N-dealkylation sites (tertiary alicyclic amines) is 1. The molecule has 2 heterocycles. The third-order valence-corrected chi connectivity index (χ3v) is 4.31. The van der Waals surface area contributed by atoms with Crippen molar-refractivity contribution in [2.75, 3.05) is 6.54 Å². The molecule has 0 bridgehead atoms. The fourth-order valence-electron chi connectivity index (χ4n) is 3.25. The normalized spacial score (nSPS) is 19.4. The van der Waals surface area contributed by atoms with Crippen molar-refractivity contribution in [1.29, 1.82) is 0 Å². The van der Waals surface area contributed by atoms with Crippen molar-refractivity contribution in [3.63, 3.8) is 0 Å². The first-order valence-corrected chi connectivity index (χ1v) is 7.67. The van der Waals surface area contributed by atoms with Crippen molar-refractivity contribution in [3.05, 3.63) is 36.0 Å². The van der Waals surface area contributed by atoms with Crippen LogP contribution < -0.4 is 0 Å². The molecule has 1 aromatic carbocycles. The van der Waals surface area contributed by atoms with Gasteiger partial charge in [0.2, 0.25) is 0 Å². The maximum Gasteiger partial charge on any atom is 0.254 e. The fourth-order valence-corrected chi connectivity index (χ4v) is 3.25. The minimum atomic E-state index is 0.200. The Labute approximate surface area is 120 Å². The van der Waals surface area contributed by atoms with Crippen LogP contribution in [-0.2, 0) is 0 Å². The number of H-pyrrole nitrogens is 1. The van der Waals surface area contributed by atoms with Crippen LogP contribution in [0.1, 0.15) is 49.4 Å². The minimum Gasteiger partial charge on any atom is -0.361 e. The largest absolute Gasteiger partial charge is 0.361 e. The third kappa shape index (κ3) is 2.45. The number of carbonyl (C=O) groups is 1. The number of aromatic amines is 1. The van der Waals surface area contributed by atoms with E-state index in [0.29, 0.717) is 6.04 Å². The molecular formula is C17H22N2O. The van der Waals surface area contributed by atoms with Gasteiger partial charge in [-0.25, -0.2) is 0 Å². The number of nitrogens with zero attached hydrogens (tertiary/aromatic N) is 1. The average Bonchev–Trinajstić information content (AvgIpc) is 2.95. The van der Waals surface area contributed by atoms with Crippen LogP contribution in [0.2, 0.25) is 0 Å². The monoisotopic (exact) mass is 270 g/mol. The van der Waals surface area contributed by atoms with Gasteiger partial charge in [-0.3, -0.25) is 4.79 Å². The van der Waals surface area contributed by atoms with E-state index in [2.05, 4.69) is 16.8 Å². The van der Waals surface area contributed by atoms with Crippen LogP contribution >= 0.6 is 0 Å². The molecular weight excluding hydrogens is 248 g/mol. The van der Waals surface area contributed by atoms with E-state index < -0.39 is 0 Å². The van der Waals surface area contributed by atoms with Gasteiger partial charge < -0.3 is 9.88 Å². The van der Waals surface area contributed by atoms with E-state index in [-0.39, 0.29) is 5.91 Å². The van der Waals surface area contributed by atoms with Crippen LogP contribution in [0.3, 0.4) is 0 Å². The smallest absolute Gasteiger partial charge is 0.254 e. The zero-order valence-electron chi connectivity index (χ0n) is 12.1. The Bertz CT molecular complexity index is 600. The van der Waals surface area contributed by atoms with Crippen LogP contribution in [0.4, 0.5) is 0 Å². The molecule has 2 aromatic rings. The van der Waals surface area contributed by atoms with Gasteiger partial charge in [-0.05, 0) is 49.9 Å². The lowest BCUT2D eigenvalue weighted by molar-refractivity contribution is 0.0601. The maximum absolute atomic E-state index is 12.8. The second-order valence-corrected chi connectivity index (χ2v) is 5.72. The van der Waals surface area contributed by atoms with Crippen molar-refractivity contribution in [2.45, 2.75) is 45.1 Å². The number of hydrogen-bond acceptors (Lipinski definition) is 1. The Morgan fingerprint density at radius 2 is 2.25 bits per heavy atom. The molecule has 1 atom stereocenters. The van der Waals surface area contributed by atoms with Crippen molar-refractivity contribution in [1.82, 2.24) is 9.88 Å². The number of carbonyl (C=O) groups excluding carboxylic acids is 1. The van der Waals surface area contributed by atoms with Gasteiger partial charge in [0.1, 0.15) is 0 Å². The number of aromatic nitrogens is 1. The van der Waals surface area contributed by atoms with E-state index in [4.69, 9.17) is 0 Å². The van der Waals surface area contributed by atoms with Gasteiger partial charge in [0.05, 0.1) is 0 Å².